The van der Waals surface area contributed by atoms with Gasteiger partial charge in [-0.05, 0) is 13.8 Å². The first kappa shape index (κ1) is 15.1. The molecule has 0 bridgehead atoms. The molecular formula is C11H18BrNO6. The summed E-state index contributed by atoms with van der Waals surface area (Å²) in [4.78, 5) is 11.2. The first-order valence-corrected chi connectivity index (χ1v) is 7.12. The van der Waals surface area contributed by atoms with Crippen LogP contribution in [0.25, 0.3) is 0 Å². The van der Waals surface area contributed by atoms with Gasteiger partial charge in [0.1, 0.15) is 18.3 Å². The Bertz CT molecular complexity index is 365. The van der Waals surface area contributed by atoms with E-state index in [1.165, 1.54) is 0 Å². The zero-order valence-corrected chi connectivity index (χ0v) is 12.3. The van der Waals surface area contributed by atoms with Gasteiger partial charge in [-0.25, -0.2) is 0 Å². The largest absolute Gasteiger partial charge is 0.385 e. The van der Waals surface area contributed by atoms with Crippen LogP contribution < -0.4 is 5.32 Å². The molecule has 0 aromatic rings. The van der Waals surface area contributed by atoms with Gasteiger partial charge in [0, 0.05) is 0 Å². The van der Waals surface area contributed by atoms with Gasteiger partial charge in [-0.3, -0.25) is 4.79 Å². The van der Waals surface area contributed by atoms with E-state index in [9.17, 15) is 15.0 Å². The number of rotatable bonds is 3. The average Bonchev–Trinajstić information content (AvgIpc) is 2.67. The number of ether oxygens (including phenoxy) is 3. The second kappa shape index (κ2) is 5.27. The predicted molar refractivity (Wildman–Crippen MR) is 67.5 cm³/mol. The summed E-state index contributed by atoms with van der Waals surface area (Å²) < 4.78 is 16.4. The van der Waals surface area contributed by atoms with E-state index in [2.05, 4.69) is 21.2 Å². The molecule has 2 heterocycles. The van der Waals surface area contributed by atoms with Crippen molar-refractivity contribution < 1.29 is 29.2 Å². The van der Waals surface area contributed by atoms with Gasteiger partial charge in [0.2, 0.25) is 11.7 Å². The number of aliphatic hydroxyl groups is 2. The Balaban J connectivity index is 2.02. The molecule has 4 atom stereocenters. The maximum absolute atomic E-state index is 11.2. The topological polar surface area (TPSA) is 97.2 Å². The minimum atomic E-state index is -1.87. The van der Waals surface area contributed by atoms with Gasteiger partial charge in [-0.15, -0.1) is 0 Å². The maximum Gasteiger partial charge on any atom is 0.230 e. The molecule has 0 spiro atoms. The molecule has 110 valence electrons. The highest BCUT2D eigenvalue weighted by Gasteiger charge is 2.56. The third kappa shape index (κ3) is 3.09. The SMILES string of the molecule is CC1(C)O[C@@H]2[C@@H](CO[C@](O)(CNC(=O)CBr)[C@H]2O)O1. The third-order valence-corrected chi connectivity index (χ3v) is 3.66. The minimum Gasteiger partial charge on any atom is -0.385 e. The van der Waals surface area contributed by atoms with E-state index in [0.29, 0.717) is 0 Å². The smallest absolute Gasteiger partial charge is 0.230 e. The molecule has 0 aliphatic carbocycles. The number of carbonyl (C=O) groups is 1. The number of amides is 1. The van der Waals surface area contributed by atoms with Crippen LogP contribution in [0.5, 0.6) is 0 Å². The van der Waals surface area contributed by atoms with E-state index in [1.54, 1.807) is 13.8 Å². The number of hydrogen-bond acceptors (Lipinski definition) is 6. The van der Waals surface area contributed by atoms with Crippen LogP contribution in [0.3, 0.4) is 0 Å². The summed E-state index contributed by atoms with van der Waals surface area (Å²) in [6.07, 6.45) is -2.42. The van der Waals surface area contributed by atoms with Gasteiger partial charge < -0.3 is 29.7 Å². The van der Waals surface area contributed by atoms with Gasteiger partial charge in [0.25, 0.3) is 0 Å². The Morgan fingerprint density at radius 1 is 1.47 bits per heavy atom. The lowest BCUT2D eigenvalue weighted by Crippen LogP contribution is -2.64. The van der Waals surface area contributed by atoms with Gasteiger partial charge in [-0.2, -0.15) is 0 Å². The van der Waals surface area contributed by atoms with E-state index in [0.717, 1.165) is 0 Å². The van der Waals surface area contributed by atoms with E-state index in [1.807, 2.05) is 0 Å². The molecule has 19 heavy (non-hydrogen) atoms. The summed E-state index contributed by atoms with van der Waals surface area (Å²) in [6.45, 7) is 3.32. The fourth-order valence-corrected chi connectivity index (χ4v) is 2.45. The van der Waals surface area contributed by atoms with Crippen molar-refractivity contribution in [1.29, 1.82) is 0 Å². The molecule has 8 heteroatoms. The van der Waals surface area contributed by atoms with Crippen molar-refractivity contribution in [2.75, 3.05) is 18.5 Å². The Hall–Kier alpha value is -0.250. The van der Waals surface area contributed by atoms with Crippen LogP contribution in [-0.4, -0.2) is 64.5 Å². The van der Waals surface area contributed by atoms with E-state index < -0.39 is 29.9 Å². The van der Waals surface area contributed by atoms with Gasteiger partial charge in [0.05, 0.1) is 18.5 Å². The van der Waals surface area contributed by atoms with Gasteiger partial charge in [0.15, 0.2) is 5.79 Å². The molecule has 2 saturated heterocycles. The van der Waals surface area contributed by atoms with Crippen molar-refractivity contribution in [2.45, 2.75) is 43.7 Å². The number of fused-ring (bicyclic) bond motifs is 1. The molecular weight excluding hydrogens is 322 g/mol. The number of aliphatic hydroxyl groups excluding tert-OH is 1. The quantitative estimate of drug-likeness (QED) is 0.576. The number of hydrogen-bond donors (Lipinski definition) is 3. The van der Waals surface area contributed by atoms with E-state index in [4.69, 9.17) is 14.2 Å². The summed E-state index contributed by atoms with van der Waals surface area (Å²) in [5.41, 5.74) is 0. The second-order valence-corrected chi connectivity index (χ2v) is 5.71. The van der Waals surface area contributed by atoms with Crippen molar-refractivity contribution in [3.63, 3.8) is 0 Å². The van der Waals surface area contributed by atoms with Crippen molar-refractivity contribution in [1.82, 2.24) is 5.32 Å². The summed E-state index contributed by atoms with van der Waals surface area (Å²) in [6, 6.07) is 0. The molecule has 0 unspecified atom stereocenters. The number of alkyl halides is 1. The molecule has 0 aromatic carbocycles. The lowest BCUT2D eigenvalue weighted by Gasteiger charge is -2.41. The standard InChI is InChI=1S/C11H18BrNO6/c1-10(2)18-6-4-17-11(16,5-13-7(14)3-12)9(15)8(6)19-10/h6,8-9,15-16H,3-5H2,1-2H3,(H,13,14)/t6-,8-,9+,11-/m1/s1. The van der Waals surface area contributed by atoms with Crippen molar-refractivity contribution >= 4 is 21.8 Å². The van der Waals surface area contributed by atoms with Crippen molar-refractivity contribution in [3.8, 4) is 0 Å². The lowest BCUT2D eigenvalue weighted by molar-refractivity contribution is -0.302. The molecule has 1 amide bonds. The second-order valence-electron chi connectivity index (χ2n) is 5.15. The Morgan fingerprint density at radius 3 is 2.79 bits per heavy atom. The summed E-state index contributed by atoms with van der Waals surface area (Å²) in [7, 11) is 0. The highest BCUT2D eigenvalue weighted by molar-refractivity contribution is 9.09. The number of nitrogens with one attached hydrogen (secondary N) is 1. The molecule has 2 rings (SSSR count). The van der Waals surface area contributed by atoms with E-state index in [-0.39, 0.29) is 24.4 Å². The van der Waals surface area contributed by atoms with E-state index >= 15 is 0 Å². The maximum atomic E-state index is 11.2. The number of halogens is 1. The third-order valence-electron chi connectivity index (χ3n) is 3.15. The van der Waals surface area contributed by atoms with Crippen LogP contribution >= 0.6 is 15.9 Å². The molecule has 0 saturated carbocycles. The van der Waals surface area contributed by atoms with Crippen LogP contribution in [-0.2, 0) is 19.0 Å². The predicted octanol–water partition coefficient (Wildman–Crippen LogP) is -0.903. The molecule has 2 aliphatic heterocycles. The molecule has 2 aliphatic rings. The van der Waals surface area contributed by atoms with Crippen LogP contribution in [0.1, 0.15) is 13.8 Å². The zero-order valence-electron chi connectivity index (χ0n) is 10.8. The molecule has 2 fully saturated rings. The highest BCUT2D eigenvalue weighted by Crippen LogP contribution is 2.37. The Morgan fingerprint density at radius 2 is 2.16 bits per heavy atom. The first-order valence-electron chi connectivity index (χ1n) is 6.00. The van der Waals surface area contributed by atoms with Crippen molar-refractivity contribution in [3.05, 3.63) is 0 Å². The fourth-order valence-electron chi connectivity index (χ4n) is 2.26. The van der Waals surface area contributed by atoms with Crippen LogP contribution in [0, 0.1) is 0 Å². The van der Waals surface area contributed by atoms with Crippen LogP contribution in [0.4, 0.5) is 0 Å². The van der Waals surface area contributed by atoms with Crippen LogP contribution in [0.2, 0.25) is 0 Å². The molecule has 0 radical (unpaired) electrons. The Kier molecular flexibility index (Phi) is 4.20. The first-order chi connectivity index (χ1) is 8.77. The number of carbonyl (C=O) groups excluding carboxylic acids is 1. The zero-order chi connectivity index (χ0) is 14.3. The van der Waals surface area contributed by atoms with Crippen molar-refractivity contribution in [2.24, 2.45) is 0 Å². The minimum absolute atomic E-state index is 0.0891. The summed E-state index contributed by atoms with van der Waals surface area (Å²) in [5.74, 6) is -3.01. The molecule has 3 N–H and O–H groups in total. The lowest BCUT2D eigenvalue weighted by atomic mass is 9.97. The normalized spacial score (nSPS) is 40.8. The average molecular weight is 340 g/mol. The Labute approximate surface area is 119 Å². The molecule has 0 aromatic heterocycles. The van der Waals surface area contributed by atoms with Gasteiger partial charge in [-0.1, -0.05) is 15.9 Å². The fraction of sp³-hybridized carbons (Fsp3) is 0.909. The van der Waals surface area contributed by atoms with Crippen LogP contribution in [0.15, 0.2) is 0 Å². The molecule has 7 nitrogen and oxygen atoms in total. The highest BCUT2D eigenvalue weighted by atomic mass is 79.9. The monoisotopic (exact) mass is 339 g/mol. The summed E-state index contributed by atoms with van der Waals surface area (Å²) in [5, 5.41) is 23.0. The van der Waals surface area contributed by atoms with Gasteiger partial charge >= 0.3 is 0 Å². The summed E-state index contributed by atoms with van der Waals surface area (Å²) >= 11 is 2.99.